The van der Waals surface area contributed by atoms with Crippen molar-refractivity contribution in [3.8, 4) is 0 Å². The van der Waals surface area contributed by atoms with Crippen molar-refractivity contribution < 1.29 is 26.0 Å². The van der Waals surface area contributed by atoms with E-state index in [1.165, 1.54) is 20.7 Å². The van der Waals surface area contributed by atoms with Crippen molar-refractivity contribution >= 4 is 26.0 Å². The zero-order chi connectivity index (χ0) is 24.5. The van der Waals surface area contributed by atoms with Gasteiger partial charge >= 0.3 is 0 Å². The monoisotopic (exact) mass is 509 g/mol. The molecule has 0 N–H and O–H groups in total. The fourth-order valence-electron chi connectivity index (χ4n) is 4.38. The van der Waals surface area contributed by atoms with Crippen LogP contribution in [0.1, 0.15) is 18.4 Å². The summed E-state index contributed by atoms with van der Waals surface area (Å²) in [5, 5.41) is 0. The first-order valence-corrected chi connectivity index (χ1v) is 14.1. The molecular formula is C23H28FN3O5S2. The predicted octanol–water partition coefficient (Wildman–Crippen LogP) is 2.07. The molecule has 0 aromatic heterocycles. The molecule has 0 radical (unpaired) electrons. The normalized spacial score (nSPS) is 20.9. The van der Waals surface area contributed by atoms with Crippen LogP contribution >= 0.6 is 0 Å². The SMILES string of the molecule is Cc1ccc(S(=O)(=O)N2CCN(C(=O)C3CCCN(S(=O)(=O)c4ccc(F)cc4)C3)CC2)cc1. The zero-order valence-corrected chi connectivity index (χ0v) is 20.6. The van der Waals surface area contributed by atoms with Crippen LogP contribution in [0.5, 0.6) is 0 Å². The number of benzene rings is 2. The van der Waals surface area contributed by atoms with Crippen molar-refractivity contribution in [2.75, 3.05) is 39.3 Å². The summed E-state index contributed by atoms with van der Waals surface area (Å²) in [5.41, 5.74) is 0.970. The van der Waals surface area contributed by atoms with Crippen molar-refractivity contribution in [3.63, 3.8) is 0 Å². The van der Waals surface area contributed by atoms with Crippen molar-refractivity contribution in [2.45, 2.75) is 29.6 Å². The summed E-state index contributed by atoms with van der Waals surface area (Å²) in [6, 6.07) is 11.3. The zero-order valence-electron chi connectivity index (χ0n) is 18.9. The third-order valence-electron chi connectivity index (χ3n) is 6.39. The van der Waals surface area contributed by atoms with Crippen molar-refractivity contribution in [3.05, 3.63) is 59.9 Å². The van der Waals surface area contributed by atoms with E-state index in [0.29, 0.717) is 19.4 Å². The Morgan fingerprint density at radius 3 is 1.91 bits per heavy atom. The van der Waals surface area contributed by atoms with Crippen LogP contribution < -0.4 is 0 Å². The number of piperidine rings is 1. The van der Waals surface area contributed by atoms with Gasteiger partial charge in [0.05, 0.1) is 15.7 Å². The Morgan fingerprint density at radius 2 is 1.32 bits per heavy atom. The molecule has 0 bridgehead atoms. The van der Waals surface area contributed by atoms with Gasteiger partial charge in [-0.2, -0.15) is 8.61 Å². The molecule has 1 amide bonds. The molecule has 2 saturated heterocycles. The highest BCUT2D eigenvalue weighted by Gasteiger charge is 2.37. The second-order valence-electron chi connectivity index (χ2n) is 8.70. The van der Waals surface area contributed by atoms with Gasteiger partial charge in [0, 0.05) is 39.3 Å². The quantitative estimate of drug-likeness (QED) is 0.615. The summed E-state index contributed by atoms with van der Waals surface area (Å²) < 4.78 is 67.6. The number of hydrogen-bond acceptors (Lipinski definition) is 5. The molecule has 2 aliphatic heterocycles. The average Bonchev–Trinajstić information content (AvgIpc) is 2.84. The molecule has 0 spiro atoms. The van der Waals surface area contributed by atoms with Crippen molar-refractivity contribution in [2.24, 2.45) is 5.92 Å². The molecule has 2 heterocycles. The number of halogens is 1. The van der Waals surface area contributed by atoms with E-state index in [1.807, 2.05) is 6.92 Å². The maximum Gasteiger partial charge on any atom is 0.243 e. The molecule has 2 fully saturated rings. The molecule has 0 saturated carbocycles. The van der Waals surface area contributed by atoms with Gasteiger partial charge in [0.15, 0.2) is 0 Å². The van der Waals surface area contributed by atoms with Crippen LogP contribution in [0.4, 0.5) is 4.39 Å². The first-order valence-electron chi connectivity index (χ1n) is 11.2. The largest absolute Gasteiger partial charge is 0.340 e. The number of rotatable bonds is 5. The minimum Gasteiger partial charge on any atom is -0.340 e. The number of aryl methyl sites for hydroxylation is 1. The third kappa shape index (κ3) is 5.02. The summed E-state index contributed by atoms with van der Waals surface area (Å²) in [7, 11) is -7.46. The van der Waals surface area contributed by atoms with Crippen LogP contribution in [0.25, 0.3) is 0 Å². The lowest BCUT2D eigenvalue weighted by molar-refractivity contribution is -0.137. The average molecular weight is 510 g/mol. The van der Waals surface area contributed by atoms with Gasteiger partial charge < -0.3 is 4.90 Å². The van der Waals surface area contributed by atoms with Crippen LogP contribution in [0, 0.1) is 18.7 Å². The summed E-state index contributed by atoms with van der Waals surface area (Å²) in [5.74, 6) is -1.18. The molecule has 11 heteroatoms. The summed E-state index contributed by atoms with van der Waals surface area (Å²) in [6.07, 6.45) is 1.11. The van der Waals surface area contributed by atoms with Gasteiger partial charge in [-0.05, 0) is 56.2 Å². The van der Waals surface area contributed by atoms with Gasteiger partial charge in [-0.1, -0.05) is 17.7 Å². The van der Waals surface area contributed by atoms with Crippen LogP contribution in [-0.4, -0.2) is 75.5 Å². The number of carbonyl (C=O) groups is 1. The Balaban J connectivity index is 1.39. The number of sulfonamides is 2. The van der Waals surface area contributed by atoms with E-state index >= 15 is 0 Å². The lowest BCUT2D eigenvalue weighted by Crippen LogP contribution is -2.54. The summed E-state index contributed by atoms with van der Waals surface area (Å²) >= 11 is 0. The van der Waals surface area contributed by atoms with Crippen molar-refractivity contribution in [1.29, 1.82) is 0 Å². The molecule has 2 aromatic rings. The van der Waals surface area contributed by atoms with Gasteiger partial charge in [0.25, 0.3) is 0 Å². The van der Waals surface area contributed by atoms with E-state index in [0.717, 1.165) is 17.7 Å². The van der Waals surface area contributed by atoms with Gasteiger partial charge in [-0.15, -0.1) is 0 Å². The third-order valence-corrected chi connectivity index (χ3v) is 10.2. The summed E-state index contributed by atoms with van der Waals surface area (Å²) in [4.78, 5) is 15.0. The lowest BCUT2D eigenvalue weighted by Gasteiger charge is -2.38. The number of nitrogens with zero attached hydrogens (tertiary/aromatic N) is 3. The van der Waals surface area contributed by atoms with Gasteiger partial charge in [0.1, 0.15) is 5.82 Å². The van der Waals surface area contributed by atoms with Crippen molar-refractivity contribution in [1.82, 2.24) is 13.5 Å². The Hall–Kier alpha value is -2.34. The second-order valence-corrected chi connectivity index (χ2v) is 12.6. The van der Waals surface area contributed by atoms with E-state index in [2.05, 4.69) is 0 Å². The first kappa shape index (κ1) is 24.8. The Morgan fingerprint density at radius 1 is 0.794 bits per heavy atom. The van der Waals surface area contributed by atoms with Crippen LogP contribution in [0.3, 0.4) is 0 Å². The molecule has 184 valence electrons. The number of amides is 1. The molecule has 2 aromatic carbocycles. The Kier molecular flexibility index (Phi) is 7.09. The first-order chi connectivity index (χ1) is 16.1. The maximum absolute atomic E-state index is 13.2. The summed E-state index contributed by atoms with van der Waals surface area (Å²) in [6.45, 7) is 3.12. The maximum atomic E-state index is 13.2. The number of carbonyl (C=O) groups excluding carboxylic acids is 1. The van der Waals surface area contributed by atoms with E-state index in [4.69, 9.17) is 0 Å². The molecule has 4 rings (SSSR count). The van der Waals surface area contributed by atoms with E-state index in [9.17, 15) is 26.0 Å². The lowest BCUT2D eigenvalue weighted by atomic mass is 9.98. The molecule has 34 heavy (non-hydrogen) atoms. The van der Waals surface area contributed by atoms with E-state index in [1.54, 1.807) is 29.2 Å². The second kappa shape index (κ2) is 9.73. The highest BCUT2D eigenvalue weighted by Crippen LogP contribution is 2.26. The predicted molar refractivity (Wildman–Crippen MR) is 124 cm³/mol. The van der Waals surface area contributed by atoms with Gasteiger partial charge in [-0.25, -0.2) is 21.2 Å². The molecular weight excluding hydrogens is 481 g/mol. The number of hydrogen-bond donors (Lipinski definition) is 0. The van der Waals surface area contributed by atoms with E-state index in [-0.39, 0.29) is 48.4 Å². The topological polar surface area (TPSA) is 95.1 Å². The van der Waals surface area contributed by atoms with Crippen LogP contribution in [0.15, 0.2) is 58.3 Å². The highest BCUT2D eigenvalue weighted by atomic mass is 32.2. The minimum absolute atomic E-state index is 0.00285. The molecule has 2 aliphatic rings. The fraction of sp³-hybridized carbons (Fsp3) is 0.435. The molecule has 0 aliphatic carbocycles. The van der Waals surface area contributed by atoms with Gasteiger partial charge in [0.2, 0.25) is 26.0 Å². The standard InChI is InChI=1S/C23H28FN3O5S2/c1-18-4-8-21(9-5-18)33(29,30)26-15-13-25(14-16-26)23(28)19-3-2-12-27(17-19)34(31,32)22-10-6-20(24)7-11-22/h4-11,19H,2-3,12-17H2,1H3. The highest BCUT2D eigenvalue weighted by molar-refractivity contribution is 7.89. The van der Waals surface area contributed by atoms with Gasteiger partial charge in [-0.3, -0.25) is 4.79 Å². The number of piperazine rings is 1. The Bertz CT molecular complexity index is 1240. The van der Waals surface area contributed by atoms with Crippen LogP contribution in [-0.2, 0) is 24.8 Å². The molecule has 1 atom stereocenters. The smallest absolute Gasteiger partial charge is 0.243 e. The minimum atomic E-state index is -3.83. The Labute approximate surface area is 200 Å². The molecule has 1 unspecified atom stereocenters. The van der Waals surface area contributed by atoms with E-state index < -0.39 is 31.8 Å². The molecule has 8 nitrogen and oxygen atoms in total. The fourth-order valence-corrected chi connectivity index (χ4v) is 7.33. The van der Waals surface area contributed by atoms with Crippen LogP contribution in [0.2, 0.25) is 0 Å².